The summed E-state index contributed by atoms with van der Waals surface area (Å²) in [7, 11) is 0. The Morgan fingerprint density at radius 3 is 3.06 bits per heavy atom. The van der Waals surface area contributed by atoms with Crippen molar-refractivity contribution in [1.82, 2.24) is 4.98 Å². The maximum Gasteiger partial charge on any atom is 0.330 e. The number of rotatable bonds is 3. The Morgan fingerprint density at radius 1 is 1.62 bits per heavy atom. The molecule has 0 unspecified atom stereocenters. The highest BCUT2D eigenvalue weighted by atomic mass is 16.6. The molecule has 1 saturated heterocycles. The van der Waals surface area contributed by atoms with Crippen LogP contribution >= 0.6 is 0 Å². The standard InChI is InChI=1S/C9H10N2O5/c12-7-4-15-5-8(7)16-9-6(11(13)14)2-1-3-10-9/h1-3,7-8,12H,4-5H2/t7-,8+/m0/s1. The third-order valence-electron chi connectivity index (χ3n) is 2.21. The van der Waals surface area contributed by atoms with E-state index in [9.17, 15) is 15.2 Å². The van der Waals surface area contributed by atoms with E-state index in [1.54, 1.807) is 0 Å². The lowest BCUT2D eigenvalue weighted by atomic mass is 10.2. The summed E-state index contributed by atoms with van der Waals surface area (Å²) in [6.45, 7) is 0.375. The number of ether oxygens (including phenoxy) is 2. The Labute approximate surface area is 90.8 Å². The van der Waals surface area contributed by atoms with Gasteiger partial charge in [0.05, 0.1) is 18.1 Å². The van der Waals surface area contributed by atoms with Gasteiger partial charge in [-0.3, -0.25) is 10.1 Å². The molecule has 0 spiro atoms. The number of hydrogen-bond acceptors (Lipinski definition) is 6. The first kappa shape index (κ1) is 10.8. The second-order valence-electron chi connectivity index (χ2n) is 3.35. The first-order valence-corrected chi connectivity index (χ1v) is 4.70. The molecule has 0 amide bonds. The molecule has 1 aliphatic heterocycles. The van der Waals surface area contributed by atoms with Crippen LogP contribution in [0.5, 0.6) is 5.88 Å². The molecule has 7 nitrogen and oxygen atoms in total. The van der Waals surface area contributed by atoms with Gasteiger partial charge in [-0.1, -0.05) is 0 Å². The van der Waals surface area contributed by atoms with Gasteiger partial charge in [0.1, 0.15) is 6.10 Å². The maximum atomic E-state index is 10.7. The summed E-state index contributed by atoms with van der Waals surface area (Å²) in [5.74, 6) is -0.0953. The van der Waals surface area contributed by atoms with Crippen LogP contribution in [0.25, 0.3) is 0 Å². The van der Waals surface area contributed by atoms with Gasteiger partial charge in [-0.15, -0.1) is 0 Å². The van der Waals surface area contributed by atoms with E-state index in [2.05, 4.69) is 4.98 Å². The molecule has 16 heavy (non-hydrogen) atoms. The van der Waals surface area contributed by atoms with Crippen molar-refractivity contribution in [3.05, 3.63) is 28.4 Å². The first-order valence-electron chi connectivity index (χ1n) is 4.70. The summed E-state index contributed by atoms with van der Waals surface area (Å²) in [6.07, 6.45) is 0.0139. The first-order chi connectivity index (χ1) is 7.68. The van der Waals surface area contributed by atoms with Crippen LogP contribution in [0.2, 0.25) is 0 Å². The predicted molar refractivity (Wildman–Crippen MR) is 52.1 cm³/mol. The second kappa shape index (κ2) is 4.42. The SMILES string of the molecule is O=[N+]([O-])c1cccnc1O[C@@H]1COC[C@@H]1O. The molecule has 1 fully saturated rings. The monoisotopic (exact) mass is 226 g/mol. The molecule has 0 saturated carbocycles. The molecule has 7 heteroatoms. The zero-order valence-corrected chi connectivity index (χ0v) is 8.28. The molecule has 1 aromatic heterocycles. The Kier molecular flexibility index (Phi) is 2.97. The number of pyridine rings is 1. The van der Waals surface area contributed by atoms with Crippen LogP contribution in [0.1, 0.15) is 0 Å². The fourth-order valence-corrected chi connectivity index (χ4v) is 1.39. The van der Waals surface area contributed by atoms with Gasteiger partial charge in [0.2, 0.25) is 0 Å². The Hall–Kier alpha value is -1.73. The lowest BCUT2D eigenvalue weighted by Gasteiger charge is -2.13. The highest BCUT2D eigenvalue weighted by Gasteiger charge is 2.30. The largest absolute Gasteiger partial charge is 0.464 e. The topological polar surface area (TPSA) is 94.7 Å². The quantitative estimate of drug-likeness (QED) is 0.581. The van der Waals surface area contributed by atoms with Crippen molar-refractivity contribution in [2.45, 2.75) is 12.2 Å². The summed E-state index contributed by atoms with van der Waals surface area (Å²) >= 11 is 0. The lowest BCUT2D eigenvalue weighted by Crippen LogP contribution is -2.30. The van der Waals surface area contributed by atoms with Gasteiger partial charge in [-0.25, -0.2) is 4.98 Å². The molecule has 2 rings (SSSR count). The van der Waals surface area contributed by atoms with Crippen molar-refractivity contribution >= 4 is 5.69 Å². The van der Waals surface area contributed by atoms with Crippen LogP contribution in [0.15, 0.2) is 18.3 Å². The van der Waals surface area contributed by atoms with Crippen LogP contribution in [0, 0.1) is 10.1 Å². The number of aliphatic hydroxyl groups is 1. The van der Waals surface area contributed by atoms with Gasteiger partial charge in [-0.2, -0.15) is 0 Å². The van der Waals surface area contributed by atoms with Gasteiger partial charge in [-0.05, 0) is 6.07 Å². The van der Waals surface area contributed by atoms with Crippen LogP contribution in [-0.4, -0.2) is 40.4 Å². The van der Waals surface area contributed by atoms with Crippen LogP contribution in [0.3, 0.4) is 0 Å². The summed E-state index contributed by atoms with van der Waals surface area (Å²) in [6, 6.07) is 2.75. The zero-order chi connectivity index (χ0) is 11.5. The average Bonchev–Trinajstić information content (AvgIpc) is 2.65. The van der Waals surface area contributed by atoms with E-state index in [4.69, 9.17) is 9.47 Å². The predicted octanol–water partition coefficient (Wildman–Crippen LogP) is 0.128. The highest BCUT2D eigenvalue weighted by Crippen LogP contribution is 2.25. The molecule has 0 aliphatic carbocycles. The van der Waals surface area contributed by atoms with Gasteiger partial charge in [0.15, 0.2) is 6.10 Å². The van der Waals surface area contributed by atoms with Crippen LogP contribution in [-0.2, 0) is 4.74 Å². The summed E-state index contributed by atoms with van der Waals surface area (Å²) in [5, 5.41) is 20.1. The Bertz CT molecular complexity index is 397. The van der Waals surface area contributed by atoms with Crippen molar-refractivity contribution < 1.29 is 19.5 Å². The molecule has 2 atom stereocenters. The molecule has 0 radical (unpaired) electrons. The van der Waals surface area contributed by atoms with E-state index in [0.29, 0.717) is 0 Å². The number of nitrogens with zero attached hydrogens (tertiary/aromatic N) is 2. The van der Waals surface area contributed by atoms with Gasteiger partial charge < -0.3 is 14.6 Å². The molecule has 86 valence electrons. The van der Waals surface area contributed by atoms with Gasteiger partial charge in [0.25, 0.3) is 5.88 Å². The van der Waals surface area contributed by atoms with Crippen LogP contribution < -0.4 is 4.74 Å². The molecule has 0 bridgehead atoms. The van der Waals surface area contributed by atoms with E-state index >= 15 is 0 Å². The Morgan fingerprint density at radius 2 is 2.44 bits per heavy atom. The molecule has 1 N–H and O–H groups in total. The highest BCUT2D eigenvalue weighted by molar-refractivity contribution is 5.39. The molecule has 1 aromatic rings. The molecule has 0 aromatic carbocycles. The minimum absolute atomic E-state index is 0.0953. The van der Waals surface area contributed by atoms with E-state index in [-0.39, 0.29) is 24.8 Å². The number of aliphatic hydroxyl groups excluding tert-OH is 1. The summed E-state index contributed by atoms with van der Waals surface area (Å²) in [4.78, 5) is 13.9. The smallest absolute Gasteiger partial charge is 0.330 e. The lowest BCUT2D eigenvalue weighted by molar-refractivity contribution is -0.386. The molecular formula is C9H10N2O5. The van der Waals surface area contributed by atoms with Gasteiger partial charge >= 0.3 is 5.69 Å². The second-order valence-corrected chi connectivity index (χ2v) is 3.35. The van der Waals surface area contributed by atoms with Crippen molar-refractivity contribution in [3.8, 4) is 5.88 Å². The zero-order valence-electron chi connectivity index (χ0n) is 8.28. The summed E-state index contributed by atoms with van der Waals surface area (Å²) in [5.41, 5.74) is -0.221. The minimum Gasteiger partial charge on any atom is -0.464 e. The van der Waals surface area contributed by atoms with Crippen molar-refractivity contribution in [3.63, 3.8) is 0 Å². The minimum atomic E-state index is -0.776. The third kappa shape index (κ3) is 2.10. The number of hydrogen-bond donors (Lipinski definition) is 1. The third-order valence-corrected chi connectivity index (χ3v) is 2.21. The fraction of sp³-hybridized carbons (Fsp3) is 0.444. The average molecular weight is 226 g/mol. The maximum absolute atomic E-state index is 10.7. The normalized spacial score (nSPS) is 24.3. The molecule has 1 aliphatic rings. The number of nitro groups is 1. The van der Waals surface area contributed by atoms with Crippen LogP contribution in [0.4, 0.5) is 5.69 Å². The molecular weight excluding hydrogens is 216 g/mol. The van der Waals surface area contributed by atoms with Crippen molar-refractivity contribution in [1.29, 1.82) is 0 Å². The van der Waals surface area contributed by atoms with Crippen molar-refractivity contribution in [2.75, 3.05) is 13.2 Å². The number of aromatic nitrogens is 1. The van der Waals surface area contributed by atoms with E-state index in [1.807, 2.05) is 0 Å². The molecule has 2 heterocycles. The van der Waals surface area contributed by atoms with E-state index in [1.165, 1.54) is 18.3 Å². The van der Waals surface area contributed by atoms with Gasteiger partial charge in [0, 0.05) is 12.3 Å². The van der Waals surface area contributed by atoms with Crippen molar-refractivity contribution in [2.24, 2.45) is 0 Å². The summed E-state index contributed by atoms with van der Waals surface area (Å²) < 4.78 is 10.2. The van der Waals surface area contributed by atoms with E-state index in [0.717, 1.165) is 0 Å². The van der Waals surface area contributed by atoms with E-state index < -0.39 is 17.1 Å². The fourth-order valence-electron chi connectivity index (χ4n) is 1.39. The Balaban J connectivity index is 2.17.